The van der Waals surface area contributed by atoms with Crippen molar-refractivity contribution in [3.8, 4) is 11.5 Å². The summed E-state index contributed by atoms with van der Waals surface area (Å²) in [7, 11) is -1.05. The Kier molecular flexibility index (Phi) is 3.34. The molecule has 0 amide bonds. The monoisotopic (exact) mass is 294 g/mol. The Morgan fingerprint density at radius 3 is 2.73 bits per heavy atom. The maximum atomic E-state index is 9.84. The van der Waals surface area contributed by atoms with E-state index in [4.69, 9.17) is 17.3 Å². The fourth-order valence-corrected chi connectivity index (χ4v) is 2.62. The Morgan fingerprint density at radius 2 is 2.00 bits per heavy atom. The summed E-state index contributed by atoms with van der Waals surface area (Å²) in [5.41, 5.74) is 4.44. The van der Waals surface area contributed by atoms with E-state index in [2.05, 4.69) is 4.85 Å². The van der Waals surface area contributed by atoms with Crippen LogP contribution in [0.15, 0.2) is 24.3 Å². The topological polar surface area (TPSA) is 43.0 Å². The Morgan fingerprint density at radius 1 is 1.23 bits per heavy atom. The number of ether oxygens (including phenoxy) is 1. The highest BCUT2D eigenvalue weighted by Gasteiger charge is 2.29. The second-order valence-corrected chi connectivity index (χ2v) is 5.47. The van der Waals surface area contributed by atoms with Gasteiger partial charge >= 0.3 is 7.12 Å². The van der Waals surface area contributed by atoms with Crippen molar-refractivity contribution in [2.75, 3.05) is 0 Å². The zero-order chi connectivity index (χ0) is 16.7. The molecule has 0 fully saturated rings. The van der Waals surface area contributed by atoms with Gasteiger partial charge < -0.3 is 14.4 Å². The average Bonchev–Trinajstić information content (AvgIpc) is 2.77. The van der Waals surface area contributed by atoms with Crippen molar-refractivity contribution in [2.45, 2.75) is 27.4 Å². The molecule has 1 aliphatic rings. The first-order valence-electron chi connectivity index (χ1n) is 7.55. The Bertz CT molecular complexity index is 832. The van der Waals surface area contributed by atoms with Crippen LogP contribution in [0.2, 0.25) is 0 Å². The summed E-state index contributed by atoms with van der Waals surface area (Å²) in [4.78, 5) is 3.48. The third-order valence-electron chi connectivity index (χ3n) is 3.80. The van der Waals surface area contributed by atoms with Gasteiger partial charge in [-0.3, -0.25) is 0 Å². The van der Waals surface area contributed by atoms with Gasteiger partial charge in [0.05, 0.1) is 14.5 Å². The van der Waals surface area contributed by atoms with E-state index in [1.807, 2.05) is 32.9 Å². The summed E-state index contributed by atoms with van der Waals surface area (Å²) in [5.74, 6) is 1.27. The second-order valence-electron chi connectivity index (χ2n) is 5.47. The number of hydrogen-bond donors (Lipinski definition) is 1. The molecule has 0 aliphatic carbocycles. The number of aryl methyl sites for hydroxylation is 3. The molecule has 3 rings (SSSR count). The van der Waals surface area contributed by atoms with Gasteiger partial charge in [0.2, 0.25) is 0 Å². The first kappa shape index (κ1) is 13.4. The molecule has 2 aromatic carbocycles. The largest absolute Gasteiger partial charge is 0.492 e. The first-order chi connectivity index (χ1) is 10.9. The van der Waals surface area contributed by atoms with Gasteiger partial charge in [-0.2, -0.15) is 0 Å². The molecule has 0 aromatic heterocycles. The van der Waals surface area contributed by atoms with Crippen molar-refractivity contribution in [1.82, 2.24) is 0 Å². The molecule has 1 atom stereocenters. The first-order valence-corrected chi connectivity index (χ1v) is 6.97. The van der Waals surface area contributed by atoms with Gasteiger partial charge in [-0.25, -0.2) is 4.85 Å². The molecule has 0 saturated heterocycles. The van der Waals surface area contributed by atoms with Crippen molar-refractivity contribution in [3.05, 3.63) is 57.9 Å². The lowest BCUT2D eigenvalue weighted by Crippen LogP contribution is -2.30. The molecule has 1 aliphatic heterocycles. The predicted octanol–water partition coefficient (Wildman–Crippen LogP) is 3.17. The molecule has 1 heterocycles. The third-order valence-corrected chi connectivity index (χ3v) is 3.80. The zero-order valence-corrected chi connectivity index (χ0v) is 12.7. The van der Waals surface area contributed by atoms with Gasteiger partial charge in [0.1, 0.15) is 11.5 Å². The number of nitrogens with zero attached hydrogens (tertiary/aromatic N) is 1. The quantitative estimate of drug-likeness (QED) is 0.683. The fraction of sp³-hybridized carbons (Fsp3) is 0.235. The number of fused-ring (bicyclic) bond motifs is 1. The second kappa shape index (κ2) is 5.49. The maximum Gasteiger partial charge on any atom is 0.492 e. The van der Waals surface area contributed by atoms with Gasteiger partial charge in [-0.15, -0.1) is 0 Å². The van der Waals surface area contributed by atoms with E-state index in [-0.39, 0.29) is 0 Å². The summed E-state index contributed by atoms with van der Waals surface area (Å²) >= 11 is 0. The average molecular weight is 294 g/mol. The summed E-state index contributed by atoms with van der Waals surface area (Å²) in [6.45, 7) is 11.9. The van der Waals surface area contributed by atoms with Crippen molar-refractivity contribution in [2.24, 2.45) is 0 Å². The molecule has 0 spiro atoms. The lowest BCUT2D eigenvalue weighted by atomic mass is 9.76. The van der Waals surface area contributed by atoms with Gasteiger partial charge in [-0.1, -0.05) is 0 Å². The van der Waals surface area contributed by atoms with Crippen LogP contribution in [0, 0.1) is 27.3 Å². The molecule has 4 nitrogen and oxygen atoms in total. The normalized spacial score (nSPS) is 17.0. The molecule has 0 radical (unpaired) electrons. The van der Waals surface area contributed by atoms with Crippen LogP contribution in [0.5, 0.6) is 11.5 Å². The molecule has 5 heteroatoms. The number of benzene rings is 2. The summed E-state index contributed by atoms with van der Waals surface area (Å²) in [5, 5.41) is 9.84. The van der Waals surface area contributed by atoms with E-state index in [0.717, 1.165) is 16.7 Å². The van der Waals surface area contributed by atoms with E-state index in [0.29, 0.717) is 28.2 Å². The summed E-state index contributed by atoms with van der Waals surface area (Å²) in [6, 6.07) is 7.20. The molecule has 0 bridgehead atoms. The highest BCUT2D eigenvalue weighted by molar-refractivity contribution is 6.62. The van der Waals surface area contributed by atoms with Crippen LogP contribution in [-0.2, 0) is 11.2 Å². The van der Waals surface area contributed by atoms with Crippen LogP contribution in [-0.4, -0.2) is 12.1 Å². The van der Waals surface area contributed by atoms with Crippen molar-refractivity contribution >= 4 is 18.3 Å². The van der Waals surface area contributed by atoms with E-state index >= 15 is 0 Å². The maximum absolute atomic E-state index is 9.84. The highest BCUT2D eigenvalue weighted by atomic mass is 16.5. The van der Waals surface area contributed by atoms with Crippen LogP contribution in [0.25, 0.3) is 4.85 Å². The van der Waals surface area contributed by atoms with Crippen LogP contribution >= 0.6 is 0 Å². The van der Waals surface area contributed by atoms with Crippen LogP contribution in [0.4, 0.5) is 5.69 Å². The Balaban J connectivity index is 1.99. The summed E-state index contributed by atoms with van der Waals surface area (Å²) in [6.07, 6.45) is 0. The highest BCUT2D eigenvalue weighted by Crippen LogP contribution is 2.32. The van der Waals surface area contributed by atoms with Crippen molar-refractivity contribution in [1.29, 1.82) is 0 Å². The van der Waals surface area contributed by atoms with E-state index in [9.17, 15) is 5.02 Å². The van der Waals surface area contributed by atoms with Crippen LogP contribution < -0.4 is 10.2 Å². The molecular formula is C17H16BNO3. The third kappa shape index (κ3) is 2.48. The number of hydrogen-bond acceptors (Lipinski definition) is 3. The van der Waals surface area contributed by atoms with Gasteiger partial charge in [0, 0.05) is 0 Å². The Labute approximate surface area is 131 Å². The molecule has 22 heavy (non-hydrogen) atoms. The summed E-state index contributed by atoms with van der Waals surface area (Å²) < 4.78 is 19.0. The fourth-order valence-electron chi connectivity index (χ4n) is 2.62. The predicted molar refractivity (Wildman–Crippen MR) is 85.8 cm³/mol. The van der Waals surface area contributed by atoms with Crippen LogP contribution in [0.3, 0.4) is 0 Å². The molecular weight excluding hydrogens is 277 g/mol. The van der Waals surface area contributed by atoms with Crippen molar-refractivity contribution in [3.63, 3.8) is 0 Å². The Hall–Kier alpha value is -2.29. The van der Waals surface area contributed by atoms with Gasteiger partial charge in [0.25, 0.3) is 0 Å². The minimum absolute atomic E-state index is 0.592. The van der Waals surface area contributed by atoms with Crippen molar-refractivity contribution < 1.29 is 15.8 Å². The number of rotatable bonds is 2. The standard InChI is InChI=1S/C17H16BNO3/c1-10-7-16(11(2)6-15(10)19-4)22-14-5-12(3)17-13(8-14)9-21-18(17)20/h5-8,20H,9H2,1-3H3/i9D. The molecule has 1 N–H and O–H groups in total. The molecule has 2 aromatic rings. The molecule has 0 saturated carbocycles. The minimum Gasteiger partial charge on any atom is -0.457 e. The van der Waals surface area contributed by atoms with E-state index in [1.165, 1.54) is 0 Å². The molecule has 110 valence electrons. The molecule has 1 unspecified atom stereocenters. The lowest BCUT2D eigenvalue weighted by molar-refractivity contribution is 0.275. The van der Waals surface area contributed by atoms with Gasteiger partial charge in [0.15, 0.2) is 5.69 Å². The minimum atomic E-state index is -1.05. The SMILES string of the molecule is [2H]C1OB(O)c2c(C)cc(Oc3cc(C)c([N+]#[C-])cc3C)cc21. The smallest absolute Gasteiger partial charge is 0.457 e. The zero-order valence-electron chi connectivity index (χ0n) is 13.7. The van der Waals surface area contributed by atoms with E-state index < -0.39 is 13.7 Å². The van der Waals surface area contributed by atoms with E-state index in [1.54, 1.807) is 12.1 Å². The van der Waals surface area contributed by atoms with Crippen LogP contribution in [0.1, 0.15) is 23.6 Å². The lowest BCUT2D eigenvalue weighted by Gasteiger charge is -2.13. The van der Waals surface area contributed by atoms with Gasteiger partial charge in [-0.05, 0) is 72.8 Å².